The van der Waals surface area contributed by atoms with Gasteiger partial charge >= 0.3 is 0 Å². The molecule has 1 unspecified atom stereocenters. The predicted octanol–water partition coefficient (Wildman–Crippen LogP) is 2.31. The lowest BCUT2D eigenvalue weighted by Crippen LogP contribution is -2.45. The molecule has 3 nitrogen and oxygen atoms in total. The first-order chi connectivity index (χ1) is 8.20. The second kappa shape index (κ2) is 7.69. The van der Waals surface area contributed by atoms with Crippen molar-refractivity contribution in [2.45, 2.75) is 37.3 Å². The summed E-state index contributed by atoms with van der Waals surface area (Å²) in [6.07, 6.45) is 3.88. The van der Waals surface area contributed by atoms with Gasteiger partial charge in [0.25, 0.3) is 0 Å². The van der Waals surface area contributed by atoms with Crippen LogP contribution in [0.2, 0.25) is 0 Å². The minimum Gasteiger partial charge on any atom is -0.394 e. The summed E-state index contributed by atoms with van der Waals surface area (Å²) in [5.74, 6) is 1.04. The number of nitrogens with zero attached hydrogens (tertiary/aromatic N) is 1. The van der Waals surface area contributed by atoms with E-state index >= 15 is 0 Å². The van der Waals surface area contributed by atoms with Crippen molar-refractivity contribution in [2.24, 2.45) is 0 Å². The maximum Gasteiger partial charge on any atom is 0.0959 e. The molecule has 0 saturated heterocycles. The fourth-order valence-electron chi connectivity index (χ4n) is 1.72. The minimum absolute atomic E-state index is 0.139. The van der Waals surface area contributed by atoms with E-state index in [1.807, 2.05) is 24.4 Å². The van der Waals surface area contributed by atoms with Crippen molar-refractivity contribution < 1.29 is 5.11 Å². The van der Waals surface area contributed by atoms with Gasteiger partial charge in [0.2, 0.25) is 0 Å². The Morgan fingerprint density at radius 1 is 1.47 bits per heavy atom. The first-order valence-electron chi connectivity index (χ1n) is 6.10. The molecule has 1 aromatic rings. The summed E-state index contributed by atoms with van der Waals surface area (Å²) in [7, 11) is 0. The molecule has 1 atom stereocenters. The zero-order chi connectivity index (χ0) is 12.6. The van der Waals surface area contributed by atoms with Crippen LogP contribution in [-0.4, -0.2) is 34.5 Å². The quantitative estimate of drug-likeness (QED) is 0.552. The van der Waals surface area contributed by atoms with E-state index in [2.05, 4.69) is 24.1 Å². The molecule has 0 aliphatic carbocycles. The van der Waals surface area contributed by atoms with Crippen molar-refractivity contribution in [3.8, 4) is 0 Å². The van der Waals surface area contributed by atoms with Crippen LogP contribution in [0.25, 0.3) is 0 Å². The van der Waals surface area contributed by atoms with E-state index in [1.165, 1.54) is 0 Å². The largest absolute Gasteiger partial charge is 0.394 e. The van der Waals surface area contributed by atoms with E-state index in [0.717, 1.165) is 30.2 Å². The van der Waals surface area contributed by atoms with E-state index in [1.54, 1.807) is 11.8 Å². The summed E-state index contributed by atoms with van der Waals surface area (Å²) < 4.78 is 0. The van der Waals surface area contributed by atoms with Gasteiger partial charge in [-0.15, -0.1) is 11.8 Å². The molecular formula is C13H22N2OS. The number of pyridine rings is 1. The molecular weight excluding hydrogens is 232 g/mol. The SMILES string of the molecule is CCNC(C)(CO)CCCSc1ccccn1. The lowest BCUT2D eigenvalue weighted by atomic mass is 9.97. The summed E-state index contributed by atoms with van der Waals surface area (Å²) in [6, 6.07) is 5.96. The Morgan fingerprint density at radius 2 is 2.29 bits per heavy atom. The highest BCUT2D eigenvalue weighted by Crippen LogP contribution is 2.19. The van der Waals surface area contributed by atoms with Crippen LogP contribution >= 0.6 is 11.8 Å². The monoisotopic (exact) mass is 254 g/mol. The van der Waals surface area contributed by atoms with Gasteiger partial charge in [-0.1, -0.05) is 13.0 Å². The minimum atomic E-state index is -0.139. The number of aromatic nitrogens is 1. The maximum absolute atomic E-state index is 9.35. The first kappa shape index (κ1) is 14.5. The van der Waals surface area contributed by atoms with Crippen molar-refractivity contribution in [1.82, 2.24) is 10.3 Å². The number of aliphatic hydroxyl groups is 1. The number of hydrogen-bond donors (Lipinski definition) is 2. The van der Waals surface area contributed by atoms with Gasteiger partial charge < -0.3 is 10.4 Å². The number of aliphatic hydroxyl groups excluding tert-OH is 1. The number of thioether (sulfide) groups is 1. The third-order valence-electron chi connectivity index (χ3n) is 2.71. The van der Waals surface area contributed by atoms with E-state index in [0.29, 0.717) is 0 Å². The Kier molecular flexibility index (Phi) is 6.55. The van der Waals surface area contributed by atoms with Crippen LogP contribution in [0.15, 0.2) is 29.4 Å². The molecule has 17 heavy (non-hydrogen) atoms. The molecule has 2 N–H and O–H groups in total. The van der Waals surface area contributed by atoms with Crippen LogP contribution in [0.1, 0.15) is 26.7 Å². The molecule has 0 aliphatic rings. The standard InChI is InChI=1S/C13H22N2OS/c1-3-15-13(2,11-16)8-6-10-17-12-7-4-5-9-14-12/h4-5,7,9,15-16H,3,6,8,10-11H2,1-2H3. The van der Waals surface area contributed by atoms with E-state index in [9.17, 15) is 5.11 Å². The topological polar surface area (TPSA) is 45.1 Å². The number of rotatable bonds is 8. The summed E-state index contributed by atoms with van der Waals surface area (Å²) in [6.45, 7) is 5.22. The van der Waals surface area contributed by atoms with Gasteiger partial charge in [0, 0.05) is 11.7 Å². The van der Waals surface area contributed by atoms with Gasteiger partial charge in [0.05, 0.1) is 11.6 Å². The van der Waals surface area contributed by atoms with Gasteiger partial charge in [-0.3, -0.25) is 0 Å². The summed E-state index contributed by atoms with van der Waals surface area (Å²) in [4.78, 5) is 4.27. The Hall–Kier alpha value is -0.580. The number of nitrogens with one attached hydrogen (secondary N) is 1. The molecule has 0 saturated carbocycles. The third-order valence-corrected chi connectivity index (χ3v) is 3.74. The highest BCUT2D eigenvalue weighted by Gasteiger charge is 2.20. The van der Waals surface area contributed by atoms with Crippen LogP contribution < -0.4 is 5.32 Å². The molecule has 0 radical (unpaired) electrons. The van der Waals surface area contributed by atoms with Crippen molar-refractivity contribution in [2.75, 3.05) is 18.9 Å². The zero-order valence-corrected chi connectivity index (χ0v) is 11.5. The van der Waals surface area contributed by atoms with Gasteiger partial charge in [-0.05, 0) is 44.2 Å². The van der Waals surface area contributed by atoms with Crippen LogP contribution in [-0.2, 0) is 0 Å². The van der Waals surface area contributed by atoms with Gasteiger partial charge in [0.15, 0.2) is 0 Å². The van der Waals surface area contributed by atoms with Gasteiger partial charge in [-0.25, -0.2) is 4.98 Å². The van der Waals surface area contributed by atoms with Crippen LogP contribution in [0.4, 0.5) is 0 Å². The van der Waals surface area contributed by atoms with Crippen LogP contribution in [0, 0.1) is 0 Å². The predicted molar refractivity (Wildman–Crippen MR) is 73.4 cm³/mol. The van der Waals surface area contributed by atoms with Crippen molar-refractivity contribution in [1.29, 1.82) is 0 Å². The molecule has 1 rings (SSSR count). The lowest BCUT2D eigenvalue weighted by Gasteiger charge is -2.28. The van der Waals surface area contributed by atoms with Crippen molar-refractivity contribution in [3.05, 3.63) is 24.4 Å². The molecule has 0 aliphatic heterocycles. The second-order valence-electron chi connectivity index (χ2n) is 4.37. The number of likely N-dealkylation sites (N-methyl/N-ethyl adjacent to an activating group) is 1. The molecule has 96 valence electrons. The highest BCUT2D eigenvalue weighted by atomic mass is 32.2. The fraction of sp³-hybridized carbons (Fsp3) is 0.615. The van der Waals surface area contributed by atoms with E-state index in [4.69, 9.17) is 0 Å². The normalized spacial score (nSPS) is 14.5. The molecule has 0 aromatic carbocycles. The van der Waals surface area contributed by atoms with E-state index in [-0.39, 0.29) is 12.1 Å². The Morgan fingerprint density at radius 3 is 2.88 bits per heavy atom. The molecule has 1 aromatic heterocycles. The Bertz CT molecular complexity index is 308. The first-order valence-corrected chi connectivity index (χ1v) is 7.08. The van der Waals surface area contributed by atoms with Crippen molar-refractivity contribution in [3.63, 3.8) is 0 Å². The summed E-state index contributed by atoms with van der Waals surface area (Å²) in [5, 5.41) is 13.8. The van der Waals surface area contributed by atoms with E-state index < -0.39 is 0 Å². The van der Waals surface area contributed by atoms with Crippen LogP contribution in [0.5, 0.6) is 0 Å². The van der Waals surface area contributed by atoms with Crippen molar-refractivity contribution >= 4 is 11.8 Å². The summed E-state index contributed by atoms with van der Waals surface area (Å²) in [5.41, 5.74) is -0.139. The smallest absolute Gasteiger partial charge is 0.0959 e. The molecule has 0 amide bonds. The average Bonchev–Trinajstić information content (AvgIpc) is 2.36. The molecule has 0 spiro atoms. The third kappa shape index (κ3) is 5.52. The second-order valence-corrected chi connectivity index (χ2v) is 5.48. The summed E-state index contributed by atoms with van der Waals surface area (Å²) >= 11 is 1.77. The highest BCUT2D eigenvalue weighted by molar-refractivity contribution is 7.99. The Labute approximate surface area is 108 Å². The molecule has 0 fully saturated rings. The average molecular weight is 254 g/mol. The zero-order valence-electron chi connectivity index (χ0n) is 10.6. The maximum atomic E-state index is 9.35. The fourth-order valence-corrected chi connectivity index (χ4v) is 2.53. The molecule has 4 heteroatoms. The van der Waals surface area contributed by atoms with Crippen LogP contribution in [0.3, 0.4) is 0 Å². The Balaban J connectivity index is 2.23. The molecule has 0 bridgehead atoms. The lowest BCUT2D eigenvalue weighted by molar-refractivity contribution is 0.167. The number of hydrogen-bond acceptors (Lipinski definition) is 4. The van der Waals surface area contributed by atoms with Gasteiger partial charge in [0.1, 0.15) is 0 Å². The molecule has 1 heterocycles. The van der Waals surface area contributed by atoms with Gasteiger partial charge in [-0.2, -0.15) is 0 Å².